The summed E-state index contributed by atoms with van der Waals surface area (Å²) in [4.78, 5) is 11.6. The number of alkyl halides is 3. The number of benzene rings is 2. The zero-order valence-corrected chi connectivity index (χ0v) is 19.2. The quantitative estimate of drug-likeness (QED) is 0.366. The van der Waals surface area contributed by atoms with E-state index < -0.39 is 12.1 Å². The van der Waals surface area contributed by atoms with E-state index in [0.717, 1.165) is 17.1 Å². The molecule has 0 aliphatic carbocycles. The van der Waals surface area contributed by atoms with E-state index in [0.29, 0.717) is 25.9 Å². The zero-order chi connectivity index (χ0) is 23.2. The molecule has 0 spiro atoms. The van der Waals surface area contributed by atoms with Crippen LogP contribution in [0.2, 0.25) is 21.9 Å². The molecule has 0 aliphatic heterocycles. The van der Waals surface area contributed by atoms with Crippen LogP contribution >= 0.6 is 34.8 Å². The van der Waals surface area contributed by atoms with Crippen LogP contribution in [0.1, 0.15) is 29.5 Å². The van der Waals surface area contributed by atoms with Crippen LogP contribution in [0, 0.1) is 0 Å². The second-order valence-electron chi connectivity index (χ2n) is 6.77. The largest absolute Gasteiger partial charge is 0.399 e. The van der Waals surface area contributed by atoms with Gasteiger partial charge in [-0.1, -0.05) is 77.4 Å². The van der Waals surface area contributed by atoms with E-state index in [-0.39, 0.29) is 26.7 Å². The van der Waals surface area contributed by atoms with Gasteiger partial charge in [0, 0.05) is 13.1 Å². The Balaban J connectivity index is 2.29. The van der Waals surface area contributed by atoms with Gasteiger partial charge in [0.25, 0.3) is 0 Å². The van der Waals surface area contributed by atoms with Gasteiger partial charge in [0.1, 0.15) is 0 Å². The SMILES string of the molecule is CBc1cc(/C=C/C(c2cc(Cl)c(Cl)c(Cl)c2)C(F)(F)F)ccc1CNC(=O)NCC. The number of amides is 2. The number of carbonyl (C=O) groups excluding carboxylic acids is 1. The molecule has 31 heavy (non-hydrogen) atoms. The lowest BCUT2D eigenvalue weighted by Gasteiger charge is -2.18. The molecular weight excluding hydrogens is 470 g/mol. The van der Waals surface area contributed by atoms with Crippen LogP contribution in [0.4, 0.5) is 18.0 Å². The van der Waals surface area contributed by atoms with Gasteiger partial charge in [-0.05, 0) is 35.7 Å². The Morgan fingerprint density at radius 2 is 1.77 bits per heavy atom. The van der Waals surface area contributed by atoms with Crippen molar-refractivity contribution in [2.45, 2.75) is 32.4 Å². The maximum Gasteiger partial charge on any atom is 0.399 e. The highest BCUT2D eigenvalue weighted by Crippen LogP contribution is 2.41. The lowest BCUT2D eigenvalue weighted by Crippen LogP contribution is -2.36. The summed E-state index contributed by atoms with van der Waals surface area (Å²) in [6, 6.07) is 7.38. The van der Waals surface area contributed by atoms with Crippen LogP contribution in [0.5, 0.6) is 0 Å². The van der Waals surface area contributed by atoms with E-state index in [9.17, 15) is 18.0 Å². The van der Waals surface area contributed by atoms with E-state index in [2.05, 4.69) is 10.6 Å². The van der Waals surface area contributed by atoms with Crippen LogP contribution in [0.3, 0.4) is 0 Å². The van der Waals surface area contributed by atoms with Crippen molar-refractivity contribution in [3.05, 3.63) is 68.2 Å². The van der Waals surface area contributed by atoms with Gasteiger partial charge in [-0.2, -0.15) is 13.2 Å². The van der Waals surface area contributed by atoms with Crippen molar-refractivity contribution in [1.29, 1.82) is 0 Å². The summed E-state index contributed by atoms with van der Waals surface area (Å²) in [5.41, 5.74) is 2.34. The van der Waals surface area contributed by atoms with Crippen LogP contribution in [0.15, 0.2) is 36.4 Å². The van der Waals surface area contributed by atoms with E-state index >= 15 is 0 Å². The summed E-state index contributed by atoms with van der Waals surface area (Å²) in [5.74, 6) is -1.90. The molecule has 10 heteroatoms. The maximum atomic E-state index is 13.7. The molecule has 166 valence electrons. The number of hydrogen-bond donors (Lipinski definition) is 2. The fourth-order valence-electron chi connectivity index (χ4n) is 3.02. The molecule has 2 N–H and O–H groups in total. The van der Waals surface area contributed by atoms with Crippen LogP contribution in [-0.4, -0.2) is 26.0 Å². The van der Waals surface area contributed by atoms with Crippen molar-refractivity contribution in [2.75, 3.05) is 6.54 Å². The number of allylic oxidation sites excluding steroid dienone is 1. The Kier molecular flexibility index (Phi) is 9.16. The molecule has 2 amide bonds. The van der Waals surface area contributed by atoms with Crippen LogP contribution < -0.4 is 16.1 Å². The third kappa shape index (κ3) is 7.09. The molecule has 0 fully saturated rings. The smallest absolute Gasteiger partial charge is 0.338 e. The van der Waals surface area contributed by atoms with Crippen molar-refractivity contribution >= 4 is 59.7 Å². The second kappa shape index (κ2) is 11.2. The first-order chi connectivity index (χ1) is 14.6. The predicted octanol–water partition coefficient (Wildman–Crippen LogP) is 5.94. The van der Waals surface area contributed by atoms with Crippen molar-refractivity contribution < 1.29 is 18.0 Å². The van der Waals surface area contributed by atoms with Gasteiger partial charge in [0.05, 0.1) is 21.0 Å². The molecule has 0 aromatic heterocycles. The van der Waals surface area contributed by atoms with Crippen LogP contribution in [0.25, 0.3) is 6.08 Å². The van der Waals surface area contributed by atoms with E-state index in [4.69, 9.17) is 34.8 Å². The van der Waals surface area contributed by atoms with Crippen molar-refractivity contribution in [1.82, 2.24) is 10.6 Å². The maximum absolute atomic E-state index is 13.7. The Hall–Kier alpha value is -1.83. The molecule has 0 bridgehead atoms. The monoisotopic (exact) mass is 490 g/mol. The lowest BCUT2D eigenvalue weighted by atomic mass is 9.70. The number of urea groups is 1. The van der Waals surface area contributed by atoms with Crippen LogP contribution in [-0.2, 0) is 6.54 Å². The minimum absolute atomic E-state index is 0.0152. The molecule has 3 nitrogen and oxygen atoms in total. The first-order valence-corrected chi connectivity index (χ1v) is 10.7. The number of halogens is 6. The van der Waals surface area contributed by atoms with Gasteiger partial charge < -0.3 is 10.6 Å². The second-order valence-corrected chi connectivity index (χ2v) is 7.96. The average molecular weight is 492 g/mol. The molecule has 0 radical (unpaired) electrons. The van der Waals surface area contributed by atoms with Gasteiger partial charge in [-0.3, -0.25) is 0 Å². The molecule has 2 rings (SSSR count). The first-order valence-electron chi connectivity index (χ1n) is 9.59. The number of carbonyl (C=O) groups is 1. The lowest BCUT2D eigenvalue weighted by molar-refractivity contribution is -0.139. The molecule has 2 aromatic carbocycles. The standard InChI is InChI=1S/C21H21BCl3F3N2O/c1-3-29-20(31)30-11-13-6-4-12(8-16(13)22-2)5-7-15(21(26,27)28)14-9-17(23)19(25)18(24)10-14/h4-10,15,22H,3,11H2,1-2H3,(H2,29,30,31)/b7-5+. The third-order valence-corrected chi connectivity index (χ3v) is 5.78. The van der Waals surface area contributed by atoms with Gasteiger partial charge in [-0.25, -0.2) is 4.79 Å². The van der Waals surface area contributed by atoms with Gasteiger partial charge in [0.2, 0.25) is 0 Å². The highest BCUT2D eigenvalue weighted by atomic mass is 35.5. The molecule has 1 atom stereocenters. The third-order valence-electron chi connectivity index (χ3n) is 4.59. The van der Waals surface area contributed by atoms with Gasteiger partial charge >= 0.3 is 12.2 Å². The van der Waals surface area contributed by atoms with Crippen molar-refractivity contribution in [3.8, 4) is 0 Å². The summed E-state index contributed by atoms with van der Waals surface area (Å²) in [6.07, 6.45) is -2.06. The average Bonchev–Trinajstić information content (AvgIpc) is 2.70. The zero-order valence-electron chi connectivity index (χ0n) is 16.9. The molecule has 2 aromatic rings. The van der Waals surface area contributed by atoms with Crippen molar-refractivity contribution in [2.24, 2.45) is 0 Å². The number of rotatable bonds is 7. The normalized spacial score (nSPS) is 12.6. The highest BCUT2D eigenvalue weighted by molar-refractivity contribution is 6.52. The molecule has 0 aliphatic rings. The Labute approximate surface area is 195 Å². The Morgan fingerprint density at radius 3 is 2.32 bits per heavy atom. The molecule has 0 heterocycles. The summed E-state index contributed by atoms with van der Waals surface area (Å²) < 4.78 is 41.1. The topological polar surface area (TPSA) is 41.1 Å². The van der Waals surface area contributed by atoms with E-state index in [1.165, 1.54) is 18.2 Å². The van der Waals surface area contributed by atoms with Gasteiger partial charge in [-0.15, -0.1) is 0 Å². The minimum atomic E-state index is -4.54. The molecule has 1 unspecified atom stereocenters. The van der Waals surface area contributed by atoms with Crippen molar-refractivity contribution in [3.63, 3.8) is 0 Å². The fraction of sp³-hybridized carbons (Fsp3) is 0.286. The summed E-state index contributed by atoms with van der Waals surface area (Å²) >= 11 is 17.7. The highest BCUT2D eigenvalue weighted by Gasteiger charge is 2.39. The fourth-order valence-corrected chi connectivity index (χ4v) is 3.63. The van der Waals surface area contributed by atoms with E-state index in [1.54, 1.807) is 18.2 Å². The molecular formula is C21H21BCl3F3N2O. The summed E-state index contributed by atoms with van der Waals surface area (Å²) in [7, 11) is 0.666. The Bertz CT molecular complexity index is 944. The summed E-state index contributed by atoms with van der Waals surface area (Å²) in [6.45, 7) is 4.60. The predicted molar refractivity (Wildman–Crippen MR) is 124 cm³/mol. The number of hydrogen-bond acceptors (Lipinski definition) is 1. The van der Waals surface area contributed by atoms with Gasteiger partial charge in [0.15, 0.2) is 7.28 Å². The first kappa shape index (κ1) is 25.4. The minimum Gasteiger partial charge on any atom is -0.338 e. The number of nitrogens with one attached hydrogen (secondary N) is 2. The summed E-state index contributed by atoms with van der Waals surface area (Å²) in [5, 5.41) is 5.33. The Morgan fingerprint density at radius 1 is 1.13 bits per heavy atom. The van der Waals surface area contributed by atoms with E-state index in [1.807, 2.05) is 13.7 Å². The molecule has 0 saturated carbocycles. The molecule has 0 saturated heterocycles.